The van der Waals surface area contributed by atoms with E-state index >= 15 is 0 Å². The second-order valence-corrected chi connectivity index (χ2v) is 3.00. The molecule has 74 valence electrons. The minimum Gasteiger partial charge on any atom is -0.545 e. The largest absolute Gasteiger partial charge is 1.00 e. The zero-order valence-electron chi connectivity index (χ0n) is 8.73. The van der Waals surface area contributed by atoms with Gasteiger partial charge < -0.3 is 9.90 Å². The molecule has 0 aliphatic rings. The van der Waals surface area contributed by atoms with Gasteiger partial charge in [-0.1, -0.05) is 0 Å². The number of carbonyl (C=O) groups excluding carboxylic acids is 1. The number of carboxylic acid groups (broad SMARTS) is 1. The van der Waals surface area contributed by atoms with E-state index in [-0.39, 0.29) is 40.8 Å². The average molecular weight is 217 g/mol. The van der Waals surface area contributed by atoms with Crippen LogP contribution in [0.15, 0.2) is 12.1 Å². The second-order valence-electron chi connectivity index (χ2n) is 3.00. The van der Waals surface area contributed by atoms with Crippen LogP contribution in [0.2, 0.25) is 0 Å². The van der Waals surface area contributed by atoms with E-state index < -0.39 is 10.9 Å². The molecule has 0 spiro atoms. The van der Waals surface area contributed by atoms with Gasteiger partial charge >= 0.3 is 29.6 Å². The van der Waals surface area contributed by atoms with Crippen molar-refractivity contribution in [2.75, 3.05) is 0 Å². The first-order valence-corrected chi connectivity index (χ1v) is 3.90. The van der Waals surface area contributed by atoms with E-state index in [4.69, 9.17) is 0 Å². The number of nitro benzene ring substituents is 1. The number of nitro groups is 1. The molecule has 0 aliphatic carbocycles. The molecule has 0 saturated heterocycles. The van der Waals surface area contributed by atoms with Crippen LogP contribution in [-0.2, 0) is 0 Å². The van der Waals surface area contributed by atoms with E-state index in [1.165, 1.54) is 26.0 Å². The third kappa shape index (κ3) is 3.02. The fourth-order valence-electron chi connectivity index (χ4n) is 1.22. The summed E-state index contributed by atoms with van der Waals surface area (Å²) in [6.45, 7) is 2.99. The first-order chi connectivity index (χ1) is 6.43. The maximum Gasteiger partial charge on any atom is 1.00 e. The van der Waals surface area contributed by atoms with E-state index in [9.17, 15) is 20.0 Å². The third-order valence-electron chi connectivity index (χ3n) is 1.96. The number of hydrogen-bond donors (Lipinski definition) is 0. The predicted octanol–water partition coefficient (Wildman–Crippen LogP) is -2.42. The molecule has 0 heterocycles. The number of aromatic carboxylic acids is 1. The molecule has 0 aromatic heterocycles. The number of nitrogens with zero attached hydrogens (tertiary/aromatic N) is 1. The van der Waals surface area contributed by atoms with Gasteiger partial charge in [0.05, 0.1) is 10.9 Å². The van der Waals surface area contributed by atoms with Crippen molar-refractivity contribution in [1.82, 2.24) is 0 Å². The van der Waals surface area contributed by atoms with Gasteiger partial charge in [-0.25, -0.2) is 0 Å². The Morgan fingerprint density at radius 1 is 1.27 bits per heavy atom. The quantitative estimate of drug-likeness (QED) is 0.313. The molecule has 15 heavy (non-hydrogen) atoms. The summed E-state index contributed by atoms with van der Waals surface area (Å²) in [5.41, 5.74) is 0.572. The van der Waals surface area contributed by atoms with Crippen LogP contribution in [0.1, 0.15) is 21.5 Å². The van der Waals surface area contributed by atoms with Crippen molar-refractivity contribution in [1.29, 1.82) is 0 Å². The van der Waals surface area contributed by atoms with E-state index in [0.29, 0.717) is 11.1 Å². The number of carbonyl (C=O) groups is 1. The molecule has 5 nitrogen and oxygen atoms in total. The molecule has 0 atom stereocenters. The molecular weight excluding hydrogens is 209 g/mol. The van der Waals surface area contributed by atoms with Crippen molar-refractivity contribution in [3.63, 3.8) is 0 Å². The normalized spacial score (nSPS) is 9.20. The molecular formula is C9H8NNaO4. The molecule has 1 aromatic rings. The van der Waals surface area contributed by atoms with Gasteiger partial charge in [0.1, 0.15) is 0 Å². The van der Waals surface area contributed by atoms with Crippen LogP contribution >= 0.6 is 0 Å². The van der Waals surface area contributed by atoms with E-state index in [2.05, 4.69) is 0 Å². The second kappa shape index (κ2) is 5.25. The van der Waals surface area contributed by atoms with Gasteiger partial charge in [0, 0.05) is 17.2 Å². The molecule has 0 unspecified atom stereocenters. The van der Waals surface area contributed by atoms with Crippen LogP contribution in [-0.4, -0.2) is 10.9 Å². The van der Waals surface area contributed by atoms with Crippen molar-refractivity contribution in [3.8, 4) is 0 Å². The van der Waals surface area contributed by atoms with Gasteiger partial charge in [-0.15, -0.1) is 0 Å². The zero-order valence-corrected chi connectivity index (χ0v) is 10.7. The Morgan fingerprint density at radius 2 is 1.80 bits per heavy atom. The van der Waals surface area contributed by atoms with Crippen LogP contribution in [0, 0.1) is 24.0 Å². The Balaban J connectivity index is 0.00000196. The molecule has 1 rings (SSSR count). The summed E-state index contributed by atoms with van der Waals surface area (Å²) in [6.07, 6.45) is 0. The molecule has 0 N–H and O–H groups in total. The summed E-state index contributed by atoms with van der Waals surface area (Å²) < 4.78 is 0. The molecule has 0 aliphatic heterocycles. The Labute approximate surface area is 109 Å². The van der Waals surface area contributed by atoms with Crippen LogP contribution in [0.5, 0.6) is 0 Å². The molecule has 0 bridgehead atoms. The van der Waals surface area contributed by atoms with Crippen molar-refractivity contribution in [2.24, 2.45) is 0 Å². The molecule has 6 heteroatoms. The van der Waals surface area contributed by atoms with Crippen LogP contribution in [0.4, 0.5) is 5.69 Å². The fourth-order valence-corrected chi connectivity index (χ4v) is 1.22. The van der Waals surface area contributed by atoms with E-state index in [1.54, 1.807) is 0 Å². The van der Waals surface area contributed by atoms with Crippen LogP contribution in [0.25, 0.3) is 0 Å². The van der Waals surface area contributed by atoms with Crippen molar-refractivity contribution in [3.05, 3.63) is 38.9 Å². The van der Waals surface area contributed by atoms with Crippen LogP contribution < -0.4 is 34.7 Å². The SMILES string of the molecule is Cc1cc([N+](=O)[O-])c(C)cc1C(=O)[O-].[Na+]. The number of benzene rings is 1. The van der Waals surface area contributed by atoms with Gasteiger partial charge in [0.2, 0.25) is 0 Å². The Hall–Kier alpha value is -0.910. The first kappa shape index (κ1) is 14.1. The third-order valence-corrected chi connectivity index (χ3v) is 1.96. The van der Waals surface area contributed by atoms with Gasteiger partial charge in [0.25, 0.3) is 5.69 Å². The zero-order chi connectivity index (χ0) is 10.9. The smallest absolute Gasteiger partial charge is 0.545 e. The number of rotatable bonds is 2. The minimum atomic E-state index is -1.32. The average Bonchev–Trinajstić information content (AvgIpc) is 2.07. The van der Waals surface area contributed by atoms with Gasteiger partial charge in [-0.3, -0.25) is 10.1 Å². The summed E-state index contributed by atoms with van der Waals surface area (Å²) >= 11 is 0. The van der Waals surface area contributed by atoms with Crippen molar-refractivity contribution in [2.45, 2.75) is 13.8 Å². The molecule has 0 fully saturated rings. The molecule has 0 saturated carbocycles. The Bertz CT molecular complexity index is 377. The van der Waals surface area contributed by atoms with Crippen LogP contribution in [0.3, 0.4) is 0 Å². The van der Waals surface area contributed by atoms with Crippen molar-refractivity contribution >= 4 is 11.7 Å². The molecule has 0 radical (unpaired) electrons. The summed E-state index contributed by atoms with van der Waals surface area (Å²) in [6, 6.07) is 2.49. The monoisotopic (exact) mass is 217 g/mol. The summed E-state index contributed by atoms with van der Waals surface area (Å²) in [4.78, 5) is 20.5. The van der Waals surface area contributed by atoms with E-state index in [1.807, 2.05) is 0 Å². The first-order valence-electron chi connectivity index (χ1n) is 3.90. The maximum absolute atomic E-state index is 10.6. The van der Waals surface area contributed by atoms with E-state index in [0.717, 1.165) is 0 Å². The number of hydrogen-bond acceptors (Lipinski definition) is 4. The Morgan fingerprint density at radius 3 is 2.20 bits per heavy atom. The summed E-state index contributed by atoms with van der Waals surface area (Å²) in [5.74, 6) is -1.32. The predicted molar refractivity (Wildman–Crippen MR) is 46.9 cm³/mol. The van der Waals surface area contributed by atoms with Gasteiger partial charge in [0.15, 0.2) is 0 Å². The summed E-state index contributed by atoms with van der Waals surface area (Å²) in [5, 5.41) is 21.1. The molecule has 1 aromatic carbocycles. The standard InChI is InChI=1S/C9H9NO4.Na/c1-5-4-8(10(13)14)6(2)3-7(5)9(11)12;/h3-4H,1-2H3,(H,11,12);/q;+1/p-1. The molecule has 0 amide bonds. The van der Waals surface area contributed by atoms with Gasteiger partial charge in [-0.2, -0.15) is 0 Å². The Kier molecular flexibility index (Phi) is 4.93. The summed E-state index contributed by atoms with van der Waals surface area (Å²) in [7, 11) is 0. The number of carboxylic acids is 1. The number of aryl methyl sites for hydroxylation is 2. The van der Waals surface area contributed by atoms with Crippen molar-refractivity contribution < 1.29 is 44.4 Å². The topological polar surface area (TPSA) is 83.3 Å². The minimum absolute atomic E-state index is 0. The fraction of sp³-hybridized carbons (Fsp3) is 0.222. The van der Waals surface area contributed by atoms with Gasteiger partial charge in [-0.05, 0) is 25.5 Å². The maximum atomic E-state index is 10.6.